The second-order valence-corrected chi connectivity index (χ2v) is 18.1. The molecular formula is C59H94N8O5. The minimum absolute atomic E-state index is 0.0561. The van der Waals surface area contributed by atoms with Crippen LogP contribution in [0.5, 0.6) is 0 Å². The van der Waals surface area contributed by atoms with Gasteiger partial charge in [0.2, 0.25) is 0 Å². The molecule has 0 saturated carbocycles. The number of hydrazine groups is 1. The number of aromatic nitrogens is 2. The number of amides is 1. The molecule has 5 rings (SSSR count). The Morgan fingerprint density at radius 1 is 0.889 bits per heavy atom. The average molecular weight is 995 g/mol. The molecule has 2 unspecified atom stereocenters. The Morgan fingerprint density at radius 2 is 1.54 bits per heavy atom. The molecule has 0 aliphatic carbocycles. The van der Waals surface area contributed by atoms with Crippen LogP contribution in [0.2, 0.25) is 0 Å². The van der Waals surface area contributed by atoms with E-state index in [1.54, 1.807) is 18.1 Å². The van der Waals surface area contributed by atoms with E-state index in [0.717, 1.165) is 100 Å². The molecule has 13 heteroatoms. The summed E-state index contributed by atoms with van der Waals surface area (Å²) >= 11 is 0. The Bertz CT molecular complexity index is 2260. The van der Waals surface area contributed by atoms with Crippen LogP contribution in [-0.2, 0) is 43.2 Å². The Morgan fingerprint density at radius 3 is 2.14 bits per heavy atom. The van der Waals surface area contributed by atoms with Crippen LogP contribution in [0.1, 0.15) is 143 Å². The van der Waals surface area contributed by atoms with E-state index >= 15 is 0 Å². The summed E-state index contributed by atoms with van der Waals surface area (Å²) in [6.45, 7) is 29.2. The van der Waals surface area contributed by atoms with Gasteiger partial charge in [0, 0.05) is 54.9 Å². The van der Waals surface area contributed by atoms with Crippen LogP contribution in [0.25, 0.3) is 33.3 Å². The molecule has 1 saturated heterocycles. The minimum Gasteiger partial charge on any atom is -0.468 e. The minimum atomic E-state index is -0.191. The highest BCUT2D eigenvalue weighted by Crippen LogP contribution is 2.42. The van der Waals surface area contributed by atoms with E-state index in [1.807, 2.05) is 46.0 Å². The summed E-state index contributed by atoms with van der Waals surface area (Å²) in [5, 5.41) is 1.26. The highest BCUT2D eigenvalue weighted by Gasteiger charge is 2.35. The average Bonchev–Trinajstić information content (AvgIpc) is 3.91. The number of nitrogens with two attached hydrogens (primary N) is 5. The maximum absolute atomic E-state index is 12.3. The van der Waals surface area contributed by atoms with Gasteiger partial charge in [-0.25, -0.2) is 0 Å². The monoisotopic (exact) mass is 995 g/mol. The van der Waals surface area contributed by atoms with Crippen molar-refractivity contribution < 1.29 is 23.9 Å². The summed E-state index contributed by atoms with van der Waals surface area (Å²) in [4.78, 5) is 40.7. The fraction of sp³-hybridized carbons (Fsp3) is 0.492. The molecule has 4 aromatic rings. The lowest BCUT2D eigenvalue weighted by atomic mass is 9.80. The molecular weight excluding hydrogens is 901 g/mol. The second-order valence-electron chi connectivity index (χ2n) is 18.1. The van der Waals surface area contributed by atoms with Crippen LogP contribution >= 0.6 is 0 Å². The number of nitrogens with zero attached hydrogens (tertiary/aromatic N) is 3. The third kappa shape index (κ3) is 20.4. The maximum Gasteiger partial charge on any atom is 0.291 e. The van der Waals surface area contributed by atoms with Crippen molar-refractivity contribution in [1.29, 1.82) is 0 Å². The summed E-state index contributed by atoms with van der Waals surface area (Å²) in [7, 11) is 4.73. The molecule has 1 amide bonds. The van der Waals surface area contributed by atoms with Crippen LogP contribution < -0.4 is 28.9 Å². The SMILES string of the molecule is C=CC(=C)CCCC=C1OCN(C(C(=C)N)C(C)C)C1=O.CC.CCn1c(-c2cccnc2C(C)OC)c(CC(C)(C)CCC=O)c2cc(-c3cccc(CCCCCCC=O)c3)ccc21.CN.CN.NN. The number of rotatable bonds is 25. The van der Waals surface area contributed by atoms with Crippen molar-refractivity contribution in [2.45, 2.75) is 151 Å². The zero-order valence-corrected chi connectivity index (χ0v) is 46.1. The van der Waals surface area contributed by atoms with Gasteiger partial charge in [0.25, 0.3) is 5.91 Å². The predicted octanol–water partition coefficient (Wildman–Crippen LogP) is 11.4. The second kappa shape index (κ2) is 37.1. The molecule has 0 spiro atoms. The van der Waals surface area contributed by atoms with Gasteiger partial charge in [-0.15, -0.1) is 0 Å². The van der Waals surface area contributed by atoms with Gasteiger partial charge in [-0.05, 0) is 143 Å². The molecule has 1 fully saturated rings. The predicted molar refractivity (Wildman–Crippen MR) is 303 cm³/mol. The highest BCUT2D eigenvalue weighted by atomic mass is 16.5. The van der Waals surface area contributed by atoms with E-state index in [2.05, 4.69) is 124 Å². The van der Waals surface area contributed by atoms with Crippen LogP contribution in [0.15, 0.2) is 110 Å². The topological polar surface area (TPSA) is 221 Å². The Labute approximate surface area is 434 Å². The number of unbranched alkanes of at least 4 members (excludes halogenated alkanes) is 5. The van der Waals surface area contributed by atoms with Crippen molar-refractivity contribution in [1.82, 2.24) is 14.5 Å². The van der Waals surface area contributed by atoms with Crippen LogP contribution in [0, 0.1) is 11.3 Å². The highest BCUT2D eigenvalue weighted by molar-refractivity contribution is 5.95. The first-order valence-corrected chi connectivity index (χ1v) is 25.7. The standard InChI is InChI=1S/C38H48N2O3.C17H26N2O2.C2H6.2CH5N.H4N2/c1-6-40-35-20-19-31(30-17-12-16-29(25-30)15-10-8-7-9-11-23-41)26-33(35)34(27-38(3,4)21-14-24-42)37(40)32-18-13-22-39-36(32)28(2)43-5;1-6-13(4)9-7-8-10-15-17(20)19(11-21-15)16(12(2)3)14(5)18;4*1-2/h12-13,16-20,22-26,28H,6-11,14-15,21,27H2,1-5H3;6,10,12,16H,1,4-5,7-9,11,18H2,2-3H3;1-2H3;2*2H2,1H3;1-2H2. The van der Waals surface area contributed by atoms with E-state index in [9.17, 15) is 14.4 Å². The molecule has 1 aliphatic rings. The molecule has 0 bridgehead atoms. The molecule has 2 aromatic carbocycles. The molecule has 0 radical (unpaired) electrons. The van der Waals surface area contributed by atoms with Crippen LogP contribution in [-0.4, -0.2) is 66.9 Å². The van der Waals surface area contributed by atoms with Gasteiger partial charge in [-0.1, -0.05) is 116 Å². The molecule has 400 valence electrons. The fourth-order valence-corrected chi connectivity index (χ4v) is 8.71. The number of aldehydes is 2. The van der Waals surface area contributed by atoms with E-state index in [0.29, 0.717) is 24.3 Å². The Hall–Kier alpha value is -5.70. The van der Waals surface area contributed by atoms with Crippen molar-refractivity contribution in [3.63, 3.8) is 0 Å². The summed E-state index contributed by atoms with van der Waals surface area (Å²) < 4.78 is 13.7. The maximum atomic E-state index is 12.3. The number of hydrogen-bond acceptors (Lipinski definition) is 11. The number of hydrogen-bond donors (Lipinski definition) is 5. The first-order valence-electron chi connectivity index (χ1n) is 25.7. The van der Waals surface area contributed by atoms with Gasteiger partial charge in [-0.3, -0.25) is 26.4 Å². The van der Waals surface area contributed by atoms with Crippen molar-refractivity contribution in [2.24, 2.45) is 40.2 Å². The van der Waals surface area contributed by atoms with Gasteiger partial charge in [0.05, 0.1) is 23.5 Å². The first-order chi connectivity index (χ1) is 34.7. The number of aryl methyl sites for hydroxylation is 2. The molecule has 2 atom stereocenters. The van der Waals surface area contributed by atoms with Crippen LogP contribution in [0.4, 0.5) is 0 Å². The molecule has 1 aliphatic heterocycles. The van der Waals surface area contributed by atoms with Gasteiger partial charge < -0.3 is 40.8 Å². The molecule has 3 heterocycles. The van der Waals surface area contributed by atoms with Crippen LogP contribution in [0.3, 0.4) is 0 Å². The largest absolute Gasteiger partial charge is 0.468 e. The third-order valence-corrected chi connectivity index (χ3v) is 12.2. The van der Waals surface area contributed by atoms with E-state index in [-0.39, 0.29) is 36.1 Å². The number of carbonyl (C=O) groups excluding carboxylic acids is 3. The van der Waals surface area contributed by atoms with Gasteiger partial charge >= 0.3 is 0 Å². The number of fused-ring (bicyclic) bond motifs is 1. The quantitative estimate of drug-likeness (QED) is 0.0105. The van der Waals surface area contributed by atoms with Crippen molar-refractivity contribution in [3.8, 4) is 22.4 Å². The van der Waals surface area contributed by atoms with Crippen molar-refractivity contribution >= 4 is 29.4 Å². The normalized spacial score (nSPS) is 13.0. The number of benzene rings is 2. The summed E-state index contributed by atoms with van der Waals surface area (Å²) in [6.07, 6.45) is 18.3. The van der Waals surface area contributed by atoms with E-state index in [1.165, 1.54) is 52.9 Å². The number of ether oxygens (including phenoxy) is 2. The fourth-order valence-electron chi connectivity index (χ4n) is 8.71. The molecule has 10 N–H and O–H groups in total. The summed E-state index contributed by atoms with van der Waals surface area (Å²) in [6, 6.07) is 19.8. The smallest absolute Gasteiger partial charge is 0.291 e. The molecule has 13 nitrogen and oxygen atoms in total. The van der Waals surface area contributed by atoms with Gasteiger partial charge in [0.15, 0.2) is 12.5 Å². The van der Waals surface area contributed by atoms with Gasteiger partial charge in [-0.2, -0.15) is 0 Å². The third-order valence-electron chi connectivity index (χ3n) is 12.2. The lowest BCUT2D eigenvalue weighted by Gasteiger charge is -2.28. The number of pyridine rings is 1. The molecule has 2 aromatic heterocycles. The molecule has 72 heavy (non-hydrogen) atoms. The Kier molecular flexibility index (Phi) is 34.2. The first kappa shape index (κ1) is 66.3. The zero-order chi connectivity index (χ0) is 54.8. The number of carbonyl (C=O) groups is 3. The number of allylic oxidation sites excluding steroid dienone is 3. The van der Waals surface area contributed by atoms with E-state index < -0.39 is 0 Å². The summed E-state index contributed by atoms with van der Waals surface area (Å²) in [5.74, 6) is 8.50. The lowest BCUT2D eigenvalue weighted by molar-refractivity contribution is -0.127. The van der Waals surface area contributed by atoms with Crippen molar-refractivity contribution in [3.05, 3.63) is 127 Å². The van der Waals surface area contributed by atoms with E-state index in [4.69, 9.17) is 20.2 Å². The van der Waals surface area contributed by atoms with Crippen molar-refractivity contribution in [2.75, 3.05) is 27.9 Å². The zero-order valence-electron chi connectivity index (χ0n) is 46.1. The Balaban J connectivity index is 0.00000146. The van der Waals surface area contributed by atoms with Gasteiger partial charge in [0.1, 0.15) is 12.6 Å². The number of methoxy groups -OCH3 is 1. The lowest BCUT2D eigenvalue weighted by Crippen LogP contribution is -2.43. The summed E-state index contributed by atoms with van der Waals surface area (Å²) in [5.41, 5.74) is 25.8.